The van der Waals surface area contributed by atoms with Gasteiger partial charge in [-0.25, -0.2) is 0 Å². The van der Waals surface area contributed by atoms with E-state index in [2.05, 4.69) is 10.3 Å². The number of ether oxygens (including phenoxy) is 1. The van der Waals surface area contributed by atoms with Gasteiger partial charge in [0.25, 0.3) is 0 Å². The zero-order valence-electron chi connectivity index (χ0n) is 15.8. The molecule has 0 bridgehead atoms. The molecule has 1 amide bonds. The van der Waals surface area contributed by atoms with Gasteiger partial charge in [-0.3, -0.25) is 9.78 Å². The van der Waals surface area contributed by atoms with Crippen molar-refractivity contribution >= 4 is 5.91 Å². The van der Waals surface area contributed by atoms with Crippen LogP contribution in [0.25, 0.3) is 0 Å². The van der Waals surface area contributed by atoms with Crippen LogP contribution in [0.5, 0.6) is 0 Å². The minimum absolute atomic E-state index is 0.153. The quantitative estimate of drug-likeness (QED) is 0.728. The molecule has 5 heteroatoms. The fourth-order valence-electron chi connectivity index (χ4n) is 3.47. The third kappa shape index (κ3) is 6.45. The molecule has 1 N–H and O–H groups in total. The second-order valence-corrected chi connectivity index (χ2v) is 6.97. The van der Waals surface area contributed by atoms with Crippen LogP contribution in [0.15, 0.2) is 54.7 Å². The number of pyridine rings is 1. The summed E-state index contributed by atoms with van der Waals surface area (Å²) in [6.45, 7) is 3.55. The number of hydrogen-bond acceptors (Lipinski definition) is 4. The molecule has 0 saturated carbocycles. The number of nitrogens with one attached hydrogen (secondary N) is 1. The molecule has 5 nitrogen and oxygen atoms in total. The van der Waals surface area contributed by atoms with Crippen LogP contribution in [-0.2, 0) is 22.7 Å². The molecule has 1 aliphatic rings. The highest BCUT2D eigenvalue weighted by atomic mass is 16.5. The molecule has 27 heavy (non-hydrogen) atoms. The summed E-state index contributed by atoms with van der Waals surface area (Å²) in [7, 11) is 0. The van der Waals surface area contributed by atoms with E-state index in [0.717, 1.165) is 43.6 Å². The van der Waals surface area contributed by atoms with E-state index in [0.29, 0.717) is 26.2 Å². The molecule has 0 spiro atoms. The number of carbonyl (C=O) groups excluding carboxylic acids is 1. The lowest BCUT2D eigenvalue weighted by molar-refractivity contribution is -0.135. The van der Waals surface area contributed by atoms with E-state index in [-0.39, 0.29) is 11.9 Å². The summed E-state index contributed by atoms with van der Waals surface area (Å²) in [6.07, 6.45) is 5.32. The van der Waals surface area contributed by atoms with Crippen LogP contribution >= 0.6 is 0 Å². The Labute approximate surface area is 161 Å². The third-order valence-electron chi connectivity index (χ3n) is 4.94. The summed E-state index contributed by atoms with van der Waals surface area (Å²) >= 11 is 0. The first kappa shape index (κ1) is 19.5. The second kappa shape index (κ2) is 10.8. The maximum absolute atomic E-state index is 13.0. The van der Waals surface area contributed by atoms with Gasteiger partial charge >= 0.3 is 0 Å². The molecular formula is C22H29N3O2. The van der Waals surface area contributed by atoms with Crippen LogP contribution in [0, 0.1) is 0 Å². The first-order valence-electron chi connectivity index (χ1n) is 9.84. The summed E-state index contributed by atoms with van der Waals surface area (Å²) in [6, 6.07) is 16.2. The summed E-state index contributed by atoms with van der Waals surface area (Å²) < 4.78 is 5.73. The maximum atomic E-state index is 13.0. The highest BCUT2D eigenvalue weighted by Crippen LogP contribution is 2.17. The van der Waals surface area contributed by atoms with Crippen molar-refractivity contribution in [1.29, 1.82) is 0 Å². The molecule has 144 valence electrons. The van der Waals surface area contributed by atoms with Gasteiger partial charge in [-0.1, -0.05) is 36.4 Å². The number of aromatic nitrogens is 1. The molecule has 1 fully saturated rings. The normalized spacial score (nSPS) is 17.3. The van der Waals surface area contributed by atoms with Crippen LogP contribution in [0.2, 0.25) is 0 Å². The molecule has 1 aliphatic heterocycles. The lowest BCUT2D eigenvalue weighted by atomic mass is 10.1. The highest BCUT2D eigenvalue weighted by molar-refractivity contribution is 5.76. The van der Waals surface area contributed by atoms with Gasteiger partial charge < -0.3 is 15.0 Å². The Hall–Kier alpha value is -2.24. The minimum Gasteiger partial charge on any atom is -0.376 e. The predicted octanol–water partition coefficient (Wildman–Crippen LogP) is 3.16. The smallest absolute Gasteiger partial charge is 0.225 e. The summed E-state index contributed by atoms with van der Waals surface area (Å²) in [5.41, 5.74) is 2.07. The maximum Gasteiger partial charge on any atom is 0.225 e. The molecular weight excluding hydrogens is 338 g/mol. The molecule has 0 aliphatic carbocycles. The molecule has 1 atom stereocenters. The third-order valence-corrected chi connectivity index (χ3v) is 4.94. The van der Waals surface area contributed by atoms with Crippen molar-refractivity contribution in [3.8, 4) is 0 Å². The van der Waals surface area contributed by atoms with Crippen LogP contribution in [-0.4, -0.2) is 41.5 Å². The first-order valence-corrected chi connectivity index (χ1v) is 9.84. The molecule has 0 radical (unpaired) electrons. The van der Waals surface area contributed by atoms with E-state index in [9.17, 15) is 4.79 Å². The summed E-state index contributed by atoms with van der Waals surface area (Å²) in [4.78, 5) is 19.4. The van der Waals surface area contributed by atoms with E-state index in [4.69, 9.17) is 4.74 Å². The van der Waals surface area contributed by atoms with Crippen LogP contribution in [0.4, 0.5) is 0 Å². The molecule has 2 aromatic rings. The van der Waals surface area contributed by atoms with Crippen molar-refractivity contribution in [2.75, 3.05) is 19.7 Å². The molecule has 1 unspecified atom stereocenters. The minimum atomic E-state index is 0.153. The van der Waals surface area contributed by atoms with Crippen LogP contribution < -0.4 is 5.32 Å². The Morgan fingerprint density at radius 1 is 1.11 bits per heavy atom. The van der Waals surface area contributed by atoms with Gasteiger partial charge in [0.1, 0.15) is 0 Å². The van der Waals surface area contributed by atoms with Crippen molar-refractivity contribution in [3.05, 3.63) is 66.0 Å². The molecule has 3 rings (SSSR count). The summed E-state index contributed by atoms with van der Waals surface area (Å²) in [5, 5.41) is 3.43. The van der Waals surface area contributed by atoms with Crippen LogP contribution in [0.1, 0.15) is 36.9 Å². The zero-order valence-corrected chi connectivity index (χ0v) is 15.8. The number of rotatable bonds is 8. The Kier molecular flexibility index (Phi) is 7.81. The SMILES string of the molecule is O=C(CCOCc1ccccc1)N(Cc1ccccn1)C1CCCNCC1. The standard InChI is InChI=1S/C22H29N3O2/c26-22(12-16-27-18-19-7-2-1-3-8-19)25(17-20-9-4-5-14-24-20)21-10-6-13-23-15-11-21/h1-5,7-9,14,21,23H,6,10-13,15-18H2. The summed E-state index contributed by atoms with van der Waals surface area (Å²) in [5.74, 6) is 0.153. The van der Waals surface area contributed by atoms with Crippen molar-refractivity contribution < 1.29 is 9.53 Å². The van der Waals surface area contributed by atoms with Crippen molar-refractivity contribution in [2.24, 2.45) is 0 Å². The molecule has 1 saturated heterocycles. The van der Waals surface area contributed by atoms with Gasteiger partial charge in [-0.2, -0.15) is 0 Å². The molecule has 1 aromatic heterocycles. The first-order chi connectivity index (χ1) is 13.3. The average Bonchev–Trinajstić information content (AvgIpc) is 3.00. The van der Waals surface area contributed by atoms with Gasteiger partial charge in [0.2, 0.25) is 5.91 Å². The van der Waals surface area contributed by atoms with E-state index in [1.54, 1.807) is 6.20 Å². The Morgan fingerprint density at radius 2 is 1.96 bits per heavy atom. The lowest BCUT2D eigenvalue weighted by Crippen LogP contribution is -2.41. The largest absolute Gasteiger partial charge is 0.376 e. The fourth-order valence-corrected chi connectivity index (χ4v) is 3.47. The van der Waals surface area contributed by atoms with Crippen molar-refractivity contribution in [3.63, 3.8) is 0 Å². The average molecular weight is 367 g/mol. The lowest BCUT2D eigenvalue weighted by Gasteiger charge is -2.31. The number of amides is 1. The van der Waals surface area contributed by atoms with Crippen LogP contribution in [0.3, 0.4) is 0 Å². The van der Waals surface area contributed by atoms with Gasteiger partial charge in [-0.15, -0.1) is 0 Å². The van der Waals surface area contributed by atoms with Gasteiger partial charge in [0.05, 0.1) is 31.9 Å². The van der Waals surface area contributed by atoms with E-state index in [1.165, 1.54) is 0 Å². The number of benzene rings is 1. The number of hydrogen-bond donors (Lipinski definition) is 1. The Morgan fingerprint density at radius 3 is 2.78 bits per heavy atom. The topological polar surface area (TPSA) is 54.5 Å². The van der Waals surface area contributed by atoms with Crippen molar-refractivity contribution in [1.82, 2.24) is 15.2 Å². The van der Waals surface area contributed by atoms with Crippen molar-refractivity contribution in [2.45, 2.75) is 44.9 Å². The van der Waals surface area contributed by atoms with E-state index >= 15 is 0 Å². The molecule has 1 aromatic carbocycles. The monoisotopic (exact) mass is 367 g/mol. The van der Waals surface area contributed by atoms with E-state index < -0.39 is 0 Å². The van der Waals surface area contributed by atoms with Gasteiger partial charge in [0.15, 0.2) is 0 Å². The second-order valence-electron chi connectivity index (χ2n) is 6.97. The Bertz CT molecular complexity index is 670. The zero-order chi connectivity index (χ0) is 18.7. The van der Waals surface area contributed by atoms with E-state index in [1.807, 2.05) is 53.4 Å². The fraction of sp³-hybridized carbons (Fsp3) is 0.455. The number of carbonyl (C=O) groups is 1. The molecule has 2 heterocycles. The Balaban J connectivity index is 1.56. The number of nitrogens with zero attached hydrogens (tertiary/aromatic N) is 2. The van der Waals surface area contributed by atoms with Gasteiger partial charge in [0, 0.05) is 12.2 Å². The van der Waals surface area contributed by atoms with Gasteiger partial charge in [-0.05, 0) is 50.0 Å². The highest BCUT2D eigenvalue weighted by Gasteiger charge is 2.24. The predicted molar refractivity (Wildman–Crippen MR) is 106 cm³/mol.